The first-order valence-electron chi connectivity index (χ1n) is 4.36. The third-order valence-corrected chi connectivity index (χ3v) is 2.48. The van der Waals surface area contributed by atoms with Crippen molar-refractivity contribution in [3.63, 3.8) is 0 Å². The van der Waals surface area contributed by atoms with E-state index < -0.39 is 0 Å². The van der Waals surface area contributed by atoms with Gasteiger partial charge in [-0.2, -0.15) is 0 Å². The van der Waals surface area contributed by atoms with E-state index in [2.05, 4.69) is 0 Å². The Morgan fingerprint density at radius 1 is 1.67 bits per heavy atom. The Bertz CT molecular complexity index is 188. The van der Waals surface area contributed by atoms with Crippen molar-refractivity contribution in [2.45, 2.75) is 39.4 Å². The van der Waals surface area contributed by atoms with Crippen LogP contribution in [0.1, 0.15) is 27.7 Å². The van der Waals surface area contributed by atoms with Gasteiger partial charge in [-0.1, -0.05) is 13.8 Å². The number of ether oxygens (including phenoxy) is 2. The van der Waals surface area contributed by atoms with Gasteiger partial charge in [0.25, 0.3) is 0 Å². The van der Waals surface area contributed by atoms with Crippen molar-refractivity contribution in [1.29, 1.82) is 0 Å². The van der Waals surface area contributed by atoms with Crippen LogP contribution in [-0.2, 0) is 14.3 Å². The molecule has 0 saturated carbocycles. The van der Waals surface area contributed by atoms with Gasteiger partial charge in [0.15, 0.2) is 6.10 Å². The van der Waals surface area contributed by atoms with E-state index in [1.807, 2.05) is 20.8 Å². The first-order valence-corrected chi connectivity index (χ1v) is 4.36. The van der Waals surface area contributed by atoms with Crippen molar-refractivity contribution < 1.29 is 14.3 Å². The molecule has 3 nitrogen and oxygen atoms in total. The summed E-state index contributed by atoms with van der Waals surface area (Å²) in [5, 5.41) is 0. The summed E-state index contributed by atoms with van der Waals surface area (Å²) in [4.78, 5) is 11.2. The Labute approximate surface area is 73.0 Å². The second kappa shape index (κ2) is 3.05. The number of hydrogen-bond acceptors (Lipinski definition) is 3. The molecule has 0 aromatic carbocycles. The van der Waals surface area contributed by atoms with Crippen LogP contribution < -0.4 is 0 Å². The molecule has 2 atom stereocenters. The molecule has 0 aromatic rings. The van der Waals surface area contributed by atoms with E-state index in [9.17, 15) is 4.79 Å². The molecule has 0 radical (unpaired) electrons. The molecule has 0 N–H and O–H groups in total. The summed E-state index contributed by atoms with van der Waals surface area (Å²) in [6, 6.07) is 0. The van der Waals surface area contributed by atoms with Crippen molar-refractivity contribution >= 4 is 5.97 Å². The van der Waals surface area contributed by atoms with Crippen LogP contribution in [-0.4, -0.2) is 24.3 Å². The van der Waals surface area contributed by atoms with Crippen LogP contribution in [0.15, 0.2) is 0 Å². The van der Waals surface area contributed by atoms with E-state index in [1.54, 1.807) is 6.92 Å². The maximum atomic E-state index is 11.2. The van der Waals surface area contributed by atoms with Gasteiger partial charge in [0.2, 0.25) is 0 Å². The topological polar surface area (TPSA) is 38.8 Å². The highest BCUT2D eigenvalue weighted by Crippen LogP contribution is 2.43. The van der Waals surface area contributed by atoms with Crippen molar-refractivity contribution in [3.05, 3.63) is 0 Å². The molecule has 0 unspecified atom stereocenters. The molecular formula is C9H16O3. The van der Waals surface area contributed by atoms with Crippen LogP contribution in [0.2, 0.25) is 0 Å². The maximum Gasteiger partial charge on any atom is 0.338 e. The minimum atomic E-state index is -0.336. The highest BCUT2D eigenvalue weighted by atomic mass is 16.7. The monoisotopic (exact) mass is 172 g/mol. The molecule has 1 aliphatic rings. The van der Waals surface area contributed by atoms with Gasteiger partial charge in [0.05, 0.1) is 6.61 Å². The van der Waals surface area contributed by atoms with Crippen LogP contribution in [0.4, 0.5) is 0 Å². The zero-order valence-corrected chi connectivity index (χ0v) is 8.09. The van der Waals surface area contributed by atoms with E-state index >= 15 is 0 Å². The van der Waals surface area contributed by atoms with E-state index in [0.717, 1.165) is 0 Å². The molecule has 0 aromatic heterocycles. The summed E-state index contributed by atoms with van der Waals surface area (Å²) in [6.07, 6.45) is -0.336. The molecule has 1 aliphatic heterocycles. The summed E-state index contributed by atoms with van der Waals surface area (Å²) < 4.78 is 10.2. The summed E-state index contributed by atoms with van der Waals surface area (Å²) in [7, 11) is 0. The zero-order chi connectivity index (χ0) is 9.35. The molecule has 12 heavy (non-hydrogen) atoms. The molecule has 1 rings (SSSR count). The molecule has 0 bridgehead atoms. The quantitative estimate of drug-likeness (QED) is 0.476. The molecule has 0 aliphatic carbocycles. The summed E-state index contributed by atoms with van der Waals surface area (Å²) in [5.74, 6) is 0.126. The Balaban J connectivity index is 2.45. The molecular weight excluding hydrogens is 156 g/mol. The van der Waals surface area contributed by atoms with Gasteiger partial charge in [-0.25, -0.2) is 4.79 Å². The molecule has 0 amide bonds. The van der Waals surface area contributed by atoms with E-state index in [1.165, 1.54) is 0 Å². The lowest BCUT2D eigenvalue weighted by atomic mass is 9.94. The molecule has 70 valence electrons. The fraction of sp³-hybridized carbons (Fsp3) is 0.889. The Kier molecular flexibility index (Phi) is 2.42. The molecule has 0 spiro atoms. The Morgan fingerprint density at radius 3 is 2.58 bits per heavy atom. The summed E-state index contributed by atoms with van der Waals surface area (Å²) >= 11 is 0. The van der Waals surface area contributed by atoms with Crippen LogP contribution in [0.25, 0.3) is 0 Å². The van der Waals surface area contributed by atoms with E-state index in [0.29, 0.717) is 12.5 Å². The van der Waals surface area contributed by atoms with Crippen molar-refractivity contribution in [2.75, 3.05) is 6.61 Å². The SMILES string of the molecule is CCOC(=O)[C@@H]1O[C@]1(C)C(C)C. The number of rotatable bonds is 3. The normalized spacial score (nSPS) is 33.6. The van der Waals surface area contributed by atoms with Gasteiger partial charge < -0.3 is 9.47 Å². The predicted molar refractivity (Wildman–Crippen MR) is 44.7 cm³/mol. The molecule has 1 heterocycles. The minimum absolute atomic E-state index is 0.228. The van der Waals surface area contributed by atoms with Crippen molar-refractivity contribution in [1.82, 2.24) is 0 Å². The Morgan fingerprint density at radius 2 is 2.25 bits per heavy atom. The lowest BCUT2D eigenvalue weighted by Crippen LogP contribution is -2.24. The van der Waals surface area contributed by atoms with E-state index in [-0.39, 0.29) is 17.7 Å². The van der Waals surface area contributed by atoms with Gasteiger partial charge in [-0.3, -0.25) is 0 Å². The Hall–Kier alpha value is -0.570. The number of esters is 1. The average molecular weight is 172 g/mol. The molecule has 1 fully saturated rings. The second-order valence-corrected chi connectivity index (χ2v) is 3.59. The van der Waals surface area contributed by atoms with Crippen LogP contribution in [0.5, 0.6) is 0 Å². The fourth-order valence-electron chi connectivity index (χ4n) is 1.16. The number of hydrogen-bond donors (Lipinski definition) is 0. The predicted octanol–water partition coefficient (Wildman–Crippen LogP) is 1.36. The maximum absolute atomic E-state index is 11.2. The fourth-order valence-corrected chi connectivity index (χ4v) is 1.16. The average Bonchev–Trinajstić information content (AvgIpc) is 2.65. The smallest absolute Gasteiger partial charge is 0.338 e. The number of carbonyl (C=O) groups is 1. The van der Waals surface area contributed by atoms with Crippen LogP contribution in [0, 0.1) is 5.92 Å². The van der Waals surface area contributed by atoms with Crippen molar-refractivity contribution in [3.8, 4) is 0 Å². The lowest BCUT2D eigenvalue weighted by molar-refractivity contribution is -0.144. The third kappa shape index (κ3) is 1.46. The first kappa shape index (κ1) is 9.52. The summed E-state index contributed by atoms with van der Waals surface area (Å²) in [6.45, 7) is 8.25. The first-order chi connectivity index (χ1) is 5.52. The number of epoxide rings is 1. The van der Waals surface area contributed by atoms with Gasteiger partial charge in [0, 0.05) is 0 Å². The highest BCUT2D eigenvalue weighted by Gasteiger charge is 2.59. The standard InChI is InChI=1S/C9H16O3/c1-5-11-8(10)7-9(4,12-7)6(2)3/h6-7H,5H2,1-4H3/t7-,9+/m0/s1. The zero-order valence-electron chi connectivity index (χ0n) is 8.09. The van der Waals surface area contributed by atoms with Gasteiger partial charge >= 0.3 is 5.97 Å². The highest BCUT2D eigenvalue weighted by molar-refractivity contribution is 5.79. The minimum Gasteiger partial charge on any atom is -0.464 e. The molecule has 1 saturated heterocycles. The second-order valence-electron chi connectivity index (χ2n) is 3.59. The van der Waals surface area contributed by atoms with Gasteiger partial charge in [-0.05, 0) is 19.8 Å². The van der Waals surface area contributed by atoms with Crippen LogP contribution in [0.3, 0.4) is 0 Å². The van der Waals surface area contributed by atoms with Gasteiger partial charge in [0.1, 0.15) is 5.60 Å². The summed E-state index contributed by atoms with van der Waals surface area (Å²) in [5.41, 5.74) is -0.285. The van der Waals surface area contributed by atoms with Crippen LogP contribution >= 0.6 is 0 Å². The van der Waals surface area contributed by atoms with Gasteiger partial charge in [-0.15, -0.1) is 0 Å². The largest absolute Gasteiger partial charge is 0.464 e. The molecule has 3 heteroatoms. The van der Waals surface area contributed by atoms with E-state index in [4.69, 9.17) is 9.47 Å². The lowest BCUT2D eigenvalue weighted by Gasteiger charge is -2.09. The third-order valence-electron chi connectivity index (χ3n) is 2.48. The van der Waals surface area contributed by atoms with Crippen molar-refractivity contribution in [2.24, 2.45) is 5.92 Å². The number of carbonyl (C=O) groups excluding carboxylic acids is 1.